The fourth-order valence-corrected chi connectivity index (χ4v) is 0.892. The van der Waals surface area contributed by atoms with E-state index in [0.29, 0.717) is 12.3 Å². The van der Waals surface area contributed by atoms with Crippen LogP contribution in [0.1, 0.15) is 33.6 Å². The summed E-state index contributed by atoms with van der Waals surface area (Å²) in [6.45, 7) is 8.94. The second-order valence-electron chi connectivity index (χ2n) is 3.96. The standard InChI is InChI=1S/C10H20O2/c1-5-8(2)6-7-9(11)10(3,4)12/h5,8-9,11-12H,1,6-7H2,2-4H3/t8-,9+/m1/s1. The van der Waals surface area contributed by atoms with Crippen molar-refractivity contribution in [3.05, 3.63) is 12.7 Å². The first kappa shape index (κ1) is 11.7. The van der Waals surface area contributed by atoms with Crippen LogP contribution < -0.4 is 0 Å². The highest BCUT2D eigenvalue weighted by Crippen LogP contribution is 2.16. The molecule has 0 saturated heterocycles. The van der Waals surface area contributed by atoms with E-state index >= 15 is 0 Å². The second-order valence-corrected chi connectivity index (χ2v) is 3.96. The Morgan fingerprint density at radius 2 is 1.92 bits per heavy atom. The molecule has 0 rings (SSSR count). The summed E-state index contributed by atoms with van der Waals surface area (Å²) in [6.07, 6.45) is 2.71. The van der Waals surface area contributed by atoms with Gasteiger partial charge < -0.3 is 10.2 Å². The van der Waals surface area contributed by atoms with E-state index in [1.807, 2.05) is 13.0 Å². The number of rotatable bonds is 5. The summed E-state index contributed by atoms with van der Waals surface area (Å²) in [7, 11) is 0. The van der Waals surface area contributed by atoms with Gasteiger partial charge in [0, 0.05) is 0 Å². The van der Waals surface area contributed by atoms with Gasteiger partial charge in [-0.15, -0.1) is 6.58 Å². The van der Waals surface area contributed by atoms with Crippen molar-refractivity contribution in [3.8, 4) is 0 Å². The summed E-state index contributed by atoms with van der Waals surface area (Å²) in [6, 6.07) is 0. The molecule has 0 aliphatic carbocycles. The topological polar surface area (TPSA) is 40.5 Å². The maximum absolute atomic E-state index is 9.45. The number of allylic oxidation sites excluding steroid dienone is 1. The summed E-state index contributed by atoms with van der Waals surface area (Å²) in [5, 5.41) is 18.8. The number of aliphatic hydroxyl groups is 2. The first-order chi connectivity index (χ1) is 5.38. The van der Waals surface area contributed by atoms with Crippen LogP contribution in [-0.2, 0) is 0 Å². The van der Waals surface area contributed by atoms with Crippen LogP contribution in [0.4, 0.5) is 0 Å². The van der Waals surface area contributed by atoms with Gasteiger partial charge in [0.1, 0.15) is 0 Å². The minimum Gasteiger partial charge on any atom is -0.390 e. The van der Waals surface area contributed by atoms with Gasteiger partial charge in [-0.3, -0.25) is 0 Å². The van der Waals surface area contributed by atoms with Crippen molar-refractivity contribution in [1.29, 1.82) is 0 Å². The molecular weight excluding hydrogens is 152 g/mol. The third-order valence-electron chi connectivity index (χ3n) is 2.11. The van der Waals surface area contributed by atoms with Crippen molar-refractivity contribution in [2.24, 2.45) is 5.92 Å². The van der Waals surface area contributed by atoms with Gasteiger partial charge in [-0.2, -0.15) is 0 Å². The molecule has 0 saturated carbocycles. The Labute approximate surface area is 74.9 Å². The Morgan fingerprint density at radius 1 is 1.42 bits per heavy atom. The molecule has 0 aromatic carbocycles. The van der Waals surface area contributed by atoms with Gasteiger partial charge in [-0.1, -0.05) is 13.0 Å². The molecule has 2 heteroatoms. The van der Waals surface area contributed by atoms with Crippen LogP contribution >= 0.6 is 0 Å². The molecule has 0 amide bonds. The zero-order valence-electron chi connectivity index (χ0n) is 8.25. The van der Waals surface area contributed by atoms with E-state index in [2.05, 4.69) is 6.58 Å². The fraction of sp³-hybridized carbons (Fsp3) is 0.800. The van der Waals surface area contributed by atoms with Crippen LogP contribution in [0.15, 0.2) is 12.7 Å². The molecule has 0 fully saturated rings. The molecule has 0 aromatic heterocycles. The molecule has 2 nitrogen and oxygen atoms in total. The Kier molecular flexibility index (Phi) is 4.50. The molecule has 72 valence electrons. The van der Waals surface area contributed by atoms with Crippen molar-refractivity contribution < 1.29 is 10.2 Å². The molecular formula is C10H20O2. The van der Waals surface area contributed by atoms with Gasteiger partial charge in [0.15, 0.2) is 0 Å². The molecule has 0 bridgehead atoms. The average Bonchev–Trinajstić information content (AvgIpc) is 1.97. The van der Waals surface area contributed by atoms with E-state index in [4.69, 9.17) is 0 Å². The summed E-state index contributed by atoms with van der Waals surface area (Å²) >= 11 is 0. The minimum atomic E-state index is -0.985. The molecule has 0 aromatic rings. The number of hydrogen-bond acceptors (Lipinski definition) is 2. The lowest BCUT2D eigenvalue weighted by molar-refractivity contribution is -0.0528. The van der Waals surface area contributed by atoms with E-state index < -0.39 is 11.7 Å². The Balaban J connectivity index is 3.71. The van der Waals surface area contributed by atoms with Crippen molar-refractivity contribution >= 4 is 0 Å². The SMILES string of the molecule is C=C[C@@H](C)CC[C@H](O)C(C)(C)O. The lowest BCUT2D eigenvalue weighted by Gasteiger charge is -2.24. The second kappa shape index (κ2) is 4.63. The van der Waals surface area contributed by atoms with Crippen molar-refractivity contribution in [2.75, 3.05) is 0 Å². The fourth-order valence-electron chi connectivity index (χ4n) is 0.892. The molecule has 2 atom stereocenters. The van der Waals surface area contributed by atoms with Crippen molar-refractivity contribution in [3.63, 3.8) is 0 Å². The molecule has 2 N–H and O–H groups in total. The minimum absolute atomic E-state index is 0.405. The highest BCUT2D eigenvalue weighted by atomic mass is 16.3. The van der Waals surface area contributed by atoms with Crippen LogP contribution in [0.2, 0.25) is 0 Å². The molecule has 0 spiro atoms. The highest BCUT2D eigenvalue weighted by Gasteiger charge is 2.23. The van der Waals surface area contributed by atoms with Crippen LogP contribution in [0.25, 0.3) is 0 Å². The van der Waals surface area contributed by atoms with Crippen LogP contribution in [0, 0.1) is 5.92 Å². The average molecular weight is 172 g/mol. The van der Waals surface area contributed by atoms with E-state index in [1.54, 1.807) is 13.8 Å². The number of hydrogen-bond donors (Lipinski definition) is 2. The maximum atomic E-state index is 9.45. The predicted molar refractivity (Wildman–Crippen MR) is 50.9 cm³/mol. The van der Waals surface area contributed by atoms with Gasteiger partial charge in [0.2, 0.25) is 0 Å². The molecule has 0 aliphatic heterocycles. The summed E-state index contributed by atoms with van der Waals surface area (Å²) in [4.78, 5) is 0. The summed E-state index contributed by atoms with van der Waals surface area (Å²) in [5.74, 6) is 0.405. The van der Waals surface area contributed by atoms with E-state index in [1.165, 1.54) is 0 Å². The Bertz CT molecular complexity index is 135. The summed E-state index contributed by atoms with van der Waals surface area (Å²) in [5.41, 5.74) is -0.985. The quantitative estimate of drug-likeness (QED) is 0.620. The van der Waals surface area contributed by atoms with Crippen molar-refractivity contribution in [2.45, 2.75) is 45.3 Å². The third kappa shape index (κ3) is 4.52. The smallest absolute Gasteiger partial charge is 0.0849 e. The Morgan fingerprint density at radius 3 is 2.25 bits per heavy atom. The van der Waals surface area contributed by atoms with E-state index in [9.17, 15) is 10.2 Å². The summed E-state index contributed by atoms with van der Waals surface area (Å²) < 4.78 is 0. The first-order valence-corrected chi connectivity index (χ1v) is 4.41. The van der Waals surface area contributed by atoms with Gasteiger partial charge in [0.25, 0.3) is 0 Å². The van der Waals surface area contributed by atoms with Gasteiger partial charge >= 0.3 is 0 Å². The normalized spacial score (nSPS) is 17.1. The number of aliphatic hydroxyl groups excluding tert-OH is 1. The highest BCUT2D eigenvalue weighted by molar-refractivity contribution is 4.80. The largest absolute Gasteiger partial charge is 0.390 e. The molecule has 0 heterocycles. The monoisotopic (exact) mass is 172 g/mol. The van der Waals surface area contributed by atoms with Crippen LogP contribution in [0.3, 0.4) is 0 Å². The van der Waals surface area contributed by atoms with E-state index in [-0.39, 0.29) is 0 Å². The van der Waals surface area contributed by atoms with Gasteiger partial charge in [-0.05, 0) is 32.6 Å². The lowest BCUT2D eigenvalue weighted by Crippen LogP contribution is -2.35. The van der Waals surface area contributed by atoms with Crippen molar-refractivity contribution in [1.82, 2.24) is 0 Å². The van der Waals surface area contributed by atoms with Crippen LogP contribution in [0.5, 0.6) is 0 Å². The van der Waals surface area contributed by atoms with Gasteiger partial charge in [0.05, 0.1) is 11.7 Å². The third-order valence-corrected chi connectivity index (χ3v) is 2.11. The molecule has 12 heavy (non-hydrogen) atoms. The van der Waals surface area contributed by atoms with Crippen LogP contribution in [-0.4, -0.2) is 21.9 Å². The predicted octanol–water partition coefficient (Wildman–Crippen LogP) is 1.72. The van der Waals surface area contributed by atoms with E-state index in [0.717, 1.165) is 6.42 Å². The lowest BCUT2D eigenvalue weighted by atomic mass is 9.94. The first-order valence-electron chi connectivity index (χ1n) is 4.41. The maximum Gasteiger partial charge on any atom is 0.0849 e. The zero-order chi connectivity index (χ0) is 9.78. The Hall–Kier alpha value is -0.340. The molecule has 0 unspecified atom stereocenters. The van der Waals surface area contributed by atoms with Gasteiger partial charge in [-0.25, -0.2) is 0 Å². The molecule has 0 aliphatic rings. The molecule has 0 radical (unpaired) electrons. The zero-order valence-corrected chi connectivity index (χ0v) is 8.25.